The Kier molecular flexibility index (Phi) is 6.24. The number of hydrogen-bond donors (Lipinski definition) is 2. The maximum atomic E-state index is 14.0. The molecule has 0 saturated heterocycles. The molecule has 1 rings (SSSR count). The lowest BCUT2D eigenvalue weighted by molar-refractivity contribution is 0.0527. The first kappa shape index (κ1) is 16.2. The van der Waals surface area contributed by atoms with Crippen LogP contribution >= 0.6 is 0 Å². The molecule has 5 nitrogen and oxygen atoms in total. The van der Waals surface area contributed by atoms with E-state index in [0.29, 0.717) is 6.54 Å². The van der Waals surface area contributed by atoms with Gasteiger partial charge in [-0.3, -0.25) is 0 Å². The van der Waals surface area contributed by atoms with Crippen molar-refractivity contribution in [1.82, 2.24) is 0 Å². The molecule has 0 atom stereocenters. The number of ether oxygens (including phenoxy) is 1. The van der Waals surface area contributed by atoms with Crippen molar-refractivity contribution in [3.8, 4) is 0 Å². The standard InChI is InChI=1S/C14H21FN2O3/c1-3-5-17(6-7-18)13-8-10(14(19)20-4-2)12(16)9-11(13)15/h8-9,18H,3-7,16H2,1-2H3. The summed E-state index contributed by atoms with van der Waals surface area (Å²) in [4.78, 5) is 13.5. The number of halogens is 1. The molecule has 0 aliphatic carbocycles. The highest BCUT2D eigenvalue weighted by atomic mass is 19.1. The molecule has 0 aliphatic heterocycles. The van der Waals surface area contributed by atoms with Crippen molar-refractivity contribution in [2.24, 2.45) is 0 Å². The van der Waals surface area contributed by atoms with Crippen molar-refractivity contribution in [3.63, 3.8) is 0 Å². The molecular weight excluding hydrogens is 263 g/mol. The Morgan fingerprint density at radius 2 is 2.10 bits per heavy atom. The van der Waals surface area contributed by atoms with Crippen LogP contribution in [-0.2, 0) is 4.74 Å². The fourth-order valence-corrected chi connectivity index (χ4v) is 1.95. The van der Waals surface area contributed by atoms with Crippen LogP contribution in [-0.4, -0.2) is 37.4 Å². The minimum absolute atomic E-state index is 0.0464. The number of aliphatic hydroxyl groups is 1. The first-order chi connectivity index (χ1) is 9.54. The monoisotopic (exact) mass is 284 g/mol. The number of nitrogens with two attached hydrogens (primary N) is 1. The third kappa shape index (κ3) is 3.84. The van der Waals surface area contributed by atoms with Crippen LogP contribution in [0.3, 0.4) is 0 Å². The Labute approximate surface area is 118 Å². The van der Waals surface area contributed by atoms with E-state index >= 15 is 0 Å². The summed E-state index contributed by atoms with van der Waals surface area (Å²) in [5.74, 6) is -1.09. The minimum Gasteiger partial charge on any atom is -0.462 e. The Balaban J connectivity index is 3.18. The molecule has 3 N–H and O–H groups in total. The zero-order chi connectivity index (χ0) is 15.1. The average Bonchev–Trinajstić information content (AvgIpc) is 2.39. The van der Waals surface area contributed by atoms with Gasteiger partial charge in [0.2, 0.25) is 0 Å². The lowest BCUT2D eigenvalue weighted by Crippen LogP contribution is -2.28. The van der Waals surface area contributed by atoms with Gasteiger partial charge in [0, 0.05) is 18.8 Å². The van der Waals surface area contributed by atoms with Gasteiger partial charge in [-0.1, -0.05) is 6.92 Å². The summed E-state index contributed by atoms with van der Waals surface area (Å²) in [5, 5.41) is 9.05. The molecular formula is C14H21FN2O3. The molecule has 0 radical (unpaired) electrons. The van der Waals surface area contributed by atoms with Gasteiger partial charge in [0.25, 0.3) is 0 Å². The number of carbonyl (C=O) groups excluding carboxylic acids is 1. The van der Waals surface area contributed by atoms with E-state index in [1.807, 2.05) is 6.92 Å². The molecule has 1 aromatic carbocycles. The SMILES string of the molecule is CCCN(CCO)c1cc(C(=O)OCC)c(N)cc1F. The Morgan fingerprint density at radius 1 is 1.40 bits per heavy atom. The predicted molar refractivity (Wildman–Crippen MR) is 76.4 cm³/mol. The zero-order valence-electron chi connectivity index (χ0n) is 11.9. The lowest BCUT2D eigenvalue weighted by Gasteiger charge is -2.24. The van der Waals surface area contributed by atoms with E-state index in [1.54, 1.807) is 11.8 Å². The fourth-order valence-electron chi connectivity index (χ4n) is 1.95. The molecule has 1 aromatic rings. The van der Waals surface area contributed by atoms with Crippen LogP contribution in [0.4, 0.5) is 15.8 Å². The van der Waals surface area contributed by atoms with Gasteiger partial charge < -0.3 is 20.5 Å². The number of anilines is 2. The maximum absolute atomic E-state index is 14.0. The van der Waals surface area contributed by atoms with E-state index in [-0.39, 0.29) is 36.7 Å². The molecule has 0 amide bonds. The molecule has 0 unspecified atom stereocenters. The molecule has 112 valence electrons. The second kappa shape index (κ2) is 7.69. The number of rotatable bonds is 7. The van der Waals surface area contributed by atoms with E-state index in [1.165, 1.54) is 6.07 Å². The molecule has 0 bridgehead atoms. The van der Waals surface area contributed by atoms with Gasteiger partial charge in [-0.15, -0.1) is 0 Å². The van der Waals surface area contributed by atoms with E-state index in [2.05, 4.69) is 0 Å². The second-order valence-electron chi connectivity index (χ2n) is 4.32. The third-order valence-electron chi connectivity index (χ3n) is 2.82. The molecule has 0 aliphatic rings. The van der Waals surface area contributed by atoms with Crippen molar-refractivity contribution in [2.45, 2.75) is 20.3 Å². The summed E-state index contributed by atoms with van der Waals surface area (Å²) >= 11 is 0. The third-order valence-corrected chi connectivity index (χ3v) is 2.82. The van der Waals surface area contributed by atoms with Crippen LogP contribution in [0, 0.1) is 5.82 Å². The fraction of sp³-hybridized carbons (Fsp3) is 0.500. The first-order valence-electron chi connectivity index (χ1n) is 6.67. The highest BCUT2D eigenvalue weighted by molar-refractivity contribution is 5.96. The molecule has 0 heterocycles. The normalized spacial score (nSPS) is 10.4. The highest BCUT2D eigenvalue weighted by Gasteiger charge is 2.18. The van der Waals surface area contributed by atoms with Gasteiger partial charge in [0.15, 0.2) is 0 Å². The van der Waals surface area contributed by atoms with Gasteiger partial charge in [0.1, 0.15) is 5.82 Å². The van der Waals surface area contributed by atoms with E-state index < -0.39 is 11.8 Å². The maximum Gasteiger partial charge on any atom is 0.340 e. The Hall–Kier alpha value is -1.82. The Morgan fingerprint density at radius 3 is 2.65 bits per heavy atom. The van der Waals surface area contributed by atoms with Crippen LogP contribution in [0.1, 0.15) is 30.6 Å². The summed E-state index contributed by atoms with van der Waals surface area (Å²) in [6.07, 6.45) is 0.790. The van der Waals surface area contributed by atoms with Crippen molar-refractivity contribution >= 4 is 17.3 Å². The van der Waals surface area contributed by atoms with Gasteiger partial charge in [-0.05, 0) is 25.5 Å². The first-order valence-corrected chi connectivity index (χ1v) is 6.67. The molecule has 0 fully saturated rings. The van der Waals surface area contributed by atoms with Crippen LogP contribution in [0.5, 0.6) is 0 Å². The minimum atomic E-state index is -0.577. The number of esters is 1. The molecule has 0 spiro atoms. The largest absolute Gasteiger partial charge is 0.462 e. The van der Waals surface area contributed by atoms with Gasteiger partial charge in [-0.2, -0.15) is 0 Å². The van der Waals surface area contributed by atoms with E-state index in [9.17, 15) is 9.18 Å². The van der Waals surface area contributed by atoms with Crippen molar-refractivity contribution < 1.29 is 19.0 Å². The van der Waals surface area contributed by atoms with Gasteiger partial charge in [-0.25, -0.2) is 9.18 Å². The van der Waals surface area contributed by atoms with Crippen molar-refractivity contribution in [2.75, 3.05) is 36.9 Å². The van der Waals surface area contributed by atoms with Gasteiger partial charge >= 0.3 is 5.97 Å². The number of nitrogens with zero attached hydrogens (tertiary/aromatic N) is 1. The van der Waals surface area contributed by atoms with Crippen molar-refractivity contribution in [3.05, 3.63) is 23.5 Å². The van der Waals surface area contributed by atoms with Crippen LogP contribution in [0.25, 0.3) is 0 Å². The topological polar surface area (TPSA) is 75.8 Å². The van der Waals surface area contributed by atoms with E-state index in [0.717, 1.165) is 12.5 Å². The molecule has 20 heavy (non-hydrogen) atoms. The van der Waals surface area contributed by atoms with Gasteiger partial charge in [0.05, 0.1) is 24.5 Å². The summed E-state index contributed by atoms with van der Waals surface area (Å²) in [7, 11) is 0. The lowest BCUT2D eigenvalue weighted by atomic mass is 10.1. The quantitative estimate of drug-likeness (QED) is 0.590. The summed E-state index contributed by atoms with van der Waals surface area (Å²) < 4.78 is 18.9. The smallest absolute Gasteiger partial charge is 0.340 e. The van der Waals surface area contributed by atoms with Crippen LogP contribution in [0.15, 0.2) is 12.1 Å². The van der Waals surface area contributed by atoms with Crippen LogP contribution in [0.2, 0.25) is 0 Å². The number of aliphatic hydroxyl groups excluding tert-OH is 1. The number of benzene rings is 1. The van der Waals surface area contributed by atoms with E-state index in [4.69, 9.17) is 15.6 Å². The summed E-state index contributed by atoms with van der Waals surface area (Å²) in [5.41, 5.74) is 6.10. The zero-order valence-corrected chi connectivity index (χ0v) is 11.9. The molecule has 0 aromatic heterocycles. The number of carbonyl (C=O) groups is 1. The average molecular weight is 284 g/mol. The number of nitrogen functional groups attached to an aromatic ring is 1. The summed E-state index contributed by atoms with van der Waals surface area (Å²) in [6, 6.07) is 2.50. The highest BCUT2D eigenvalue weighted by Crippen LogP contribution is 2.26. The predicted octanol–water partition coefficient (Wildman–Crippen LogP) is 1.79. The van der Waals surface area contributed by atoms with Crippen LogP contribution < -0.4 is 10.6 Å². The molecule has 6 heteroatoms. The summed E-state index contributed by atoms with van der Waals surface area (Å²) in [6.45, 7) is 4.62. The number of hydrogen-bond acceptors (Lipinski definition) is 5. The molecule has 0 saturated carbocycles. The second-order valence-corrected chi connectivity index (χ2v) is 4.32. The van der Waals surface area contributed by atoms with Crippen molar-refractivity contribution in [1.29, 1.82) is 0 Å². The Bertz CT molecular complexity index is 460.